The molecule has 0 aromatic heterocycles. The molecule has 0 unspecified atom stereocenters. The molecule has 2 rings (SSSR count). The molecular weight excluding hydrogens is 170 g/mol. The molecule has 12 heavy (non-hydrogen) atoms. The van der Waals surface area contributed by atoms with E-state index in [9.17, 15) is 0 Å². The highest BCUT2D eigenvalue weighted by molar-refractivity contribution is 6.32. The summed E-state index contributed by atoms with van der Waals surface area (Å²) in [5.41, 5.74) is 2.95. The molecule has 2 heteroatoms. The largest absolute Gasteiger partial charge is 0.193 e. The van der Waals surface area contributed by atoms with Crippen LogP contribution in [0.3, 0.4) is 0 Å². The first-order chi connectivity index (χ1) is 5.81. The molecule has 0 atom stereocenters. The van der Waals surface area contributed by atoms with E-state index in [0.717, 1.165) is 28.1 Å². The van der Waals surface area contributed by atoms with Crippen LogP contribution < -0.4 is 0 Å². The zero-order valence-corrected chi connectivity index (χ0v) is 7.10. The quantitative estimate of drug-likeness (QED) is 0.595. The number of halogens is 1. The van der Waals surface area contributed by atoms with Crippen molar-refractivity contribution >= 4 is 17.7 Å². The summed E-state index contributed by atoms with van der Waals surface area (Å²) in [6.07, 6.45) is 2.59. The van der Waals surface area contributed by atoms with E-state index in [1.807, 2.05) is 24.3 Å². The Morgan fingerprint density at radius 1 is 1.42 bits per heavy atom. The molecular formula is C10H6ClN. The standard InChI is InChI=1S/C10H6ClN/c11-10-3-1-2-8-4-7(6-12)5-9(8)10/h1-3,5H,4H2. The van der Waals surface area contributed by atoms with E-state index < -0.39 is 0 Å². The highest BCUT2D eigenvalue weighted by atomic mass is 35.5. The monoisotopic (exact) mass is 175 g/mol. The summed E-state index contributed by atoms with van der Waals surface area (Å²) >= 11 is 5.94. The number of benzene rings is 1. The van der Waals surface area contributed by atoms with Gasteiger partial charge in [0, 0.05) is 17.0 Å². The summed E-state index contributed by atoms with van der Waals surface area (Å²) in [6, 6.07) is 7.90. The fourth-order valence-corrected chi connectivity index (χ4v) is 1.65. The lowest BCUT2D eigenvalue weighted by molar-refractivity contribution is 1.25. The summed E-state index contributed by atoms with van der Waals surface area (Å²) in [5.74, 6) is 0. The van der Waals surface area contributed by atoms with Crippen LogP contribution in [-0.4, -0.2) is 0 Å². The Hall–Kier alpha value is -1.26. The normalized spacial score (nSPS) is 13.5. The molecule has 1 aliphatic rings. The molecule has 0 fully saturated rings. The molecule has 0 heterocycles. The average Bonchev–Trinajstić information content (AvgIpc) is 2.49. The van der Waals surface area contributed by atoms with Crippen LogP contribution in [0, 0.1) is 11.3 Å². The fourth-order valence-electron chi connectivity index (χ4n) is 1.40. The maximum atomic E-state index is 8.67. The molecule has 0 radical (unpaired) electrons. The summed E-state index contributed by atoms with van der Waals surface area (Å²) in [5, 5.41) is 9.40. The molecule has 1 aliphatic carbocycles. The third kappa shape index (κ3) is 1.01. The van der Waals surface area contributed by atoms with Crippen LogP contribution in [0.5, 0.6) is 0 Å². The number of fused-ring (bicyclic) bond motifs is 1. The molecule has 1 aromatic carbocycles. The SMILES string of the molecule is N#CC1=Cc2c(Cl)cccc2C1. The Labute approximate surface area is 75.9 Å². The van der Waals surface area contributed by atoms with E-state index in [4.69, 9.17) is 16.9 Å². The molecule has 0 spiro atoms. The minimum absolute atomic E-state index is 0.729. The fraction of sp³-hybridized carbons (Fsp3) is 0.100. The van der Waals surface area contributed by atoms with E-state index in [0.29, 0.717) is 0 Å². The van der Waals surface area contributed by atoms with E-state index in [1.165, 1.54) is 0 Å². The lowest BCUT2D eigenvalue weighted by atomic mass is 10.1. The predicted molar refractivity (Wildman–Crippen MR) is 48.7 cm³/mol. The number of nitrogens with zero attached hydrogens (tertiary/aromatic N) is 1. The summed E-state index contributed by atoms with van der Waals surface area (Å²) < 4.78 is 0. The van der Waals surface area contributed by atoms with E-state index >= 15 is 0 Å². The maximum absolute atomic E-state index is 8.67. The Morgan fingerprint density at radius 3 is 2.92 bits per heavy atom. The number of hydrogen-bond donors (Lipinski definition) is 0. The van der Waals surface area contributed by atoms with Crippen LogP contribution in [0.1, 0.15) is 11.1 Å². The van der Waals surface area contributed by atoms with Crippen LogP contribution >= 0.6 is 11.6 Å². The van der Waals surface area contributed by atoms with Crippen molar-refractivity contribution in [2.75, 3.05) is 0 Å². The van der Waals surface area contributed by atoms with E-state index in [2.05, 4.69) is 6.07 Å². The number of rotatable bonds is 0. The van der Waals surface area contributed by atoms with Crippen molar-refractivity contribution in [3.8, 4) is 6.07 Å². The zero-order valence-electron chi connectivity index (χ0n) is 6.34. The van der Waals surface area contributed by atoms with Crippen molar-refractivity contribution < 1.29 is 0 Å². The lowest BCUT2D eigenvalue weighted by Crippen LogP contribution is -1.82. The highest BCUT2D eigenvalue weighted by Gasteiger charge is 2.13. The van der Waals surface area contributed by atoms with Gasteiger partial charge in [-0.05, 0) is 23.3 Å². The van der Waals surface area contributed by atoms with Crippen molar-refractivity contribution in [1.82, 2.24) is 0 Å². The predicted octanol–water partition coefficient (Wildman–Crippen LogP) is 2.80. The maximum Gasteiger partial charge on any atom is 0.0950 e. The minimum atomic E-state index is 0.729. The number of allylic oxidation sites excluding steroid dienone is 1. The van der Waals surface area contributed by atoms with Crippen LogP contribution in [0.2, 0.25) is 5.02 Å². The van der Waals surface area contributed by atoms with Gasteiger partial charge >= 0.3 is 0 Å². The summed E-state index contributed by atoms with van der Waals surface area (Å²) in [4.78, 5) is 0. The second kappa shape index (κ2) is 2.66. The van der Waals surface area contributed by atoms with Crippen LogP contribution in [0.25, 0.3) is 6.08 Å². The Kier molecular flexibility index (Phi) is 1.64. The van der Waals surface area contributed by atoms with Gasteiger partial charge in [0.2, 0.25) is 0 Å². The summed E-state index contributed by atoms with van der Waals surface area (Å²) in [6.45, 7) is 0. The van der Waals surface area contributed by atoms with Gasteiger partial charge in [0.25, 0.3) is 0 Å². The van der Waals surface area contributed by atoms with Gasteiger partial charge in [-0.15, -0.1) is 0 Å². The zero-order chi connectivity index (χ0) is 8.55. The van der Waals surface area contributed by atoms with Crippen molar-refractivity contribution in [3.05, 3.63) is 39.9 Å². The number of hydrogen-bond acceptors (Lipinski definition) is 1. The van der Waals surface area contributed by atoms with Crippen LogP contribution in [-0.2, 0) is 6.42 Å². The molecule has 0 amide bonds. The third-order valence-corrected chi connectivity index (χ3v) is 2.32. The van der Waals surface area contributed by atoms with E-state index in [1.54, 1.807) is 0 Å². The first kappa shape index (κ1) is 7.39. The van der Waals surface area contributed by atoms with Gasteiger partial charge in [0.15, 0.2) is 0 Å². The molecule has 0 saturated heterocycles. The first-order valence-electron chi connectivity index (χ1n) is 3.69. The molecule has 0 saturated carbocycles. The topological polar surface area (TPSA) is 23.8 Å². The summed E-state index contributed by atoms with van der Waals surface area (Å²) in [7, 11) is 0. The molecule has 1 nitrogen and oxygen atoms in total. The van der Waals surface area contributed by atoms with Crippen molar-refractivity contribution in [1.29, 1.82) is 5.26 Å². The van der Waals surface area contributed by atoms with Gasteiger partial charge in [0.05, 0.1) is 6.07 Å². The van der Waals surface area contributed by atoms with Gasteiger partial charge < -0.3 is 0 Å². The van der Waals surface area contributed by atoms with Crippen molar-refractivity contribution in [2.45, 2.75) is 6.42 Å². The number of nitriles is 1. The Bertz CT molecular complexity index is 399. The minimum Gasteiger partial charge on any atom is -0.193 e. The van der Waals surface area contributed by atoms with Gasteiger partial charge in [-0.2, -0.15) is 5.26 Å². The molecule has 58 valence electrons. The molecule has 1 aromatic rings. The van der Waals surface area contributed by atoms with Crippen molar-refractivity contribution in [2.24, 2.45) is 0 Å². The molecule has 0 bridgehead atoms. The molecule has 0 aliphatic heterocycles. The third-order valence-electron chi connectivity index (χ3n) is 1.99. The molecule has 0 N–H and O–H groups in total. The Morgan fingerprint density at radius 2 is 2.25 bits per heavy atom. The van der Waals surface area contributed by atoms with Gasteiger partial charge in [-0.3, -0.25) is 0 Å². The second-order valence-corrected chi connectivity index (χ2v) is 3.18. The van der Waals surface area contributed by atoms with Gasteiger partial charge in [-0.25, -0.2) is 0 Å². The second-order valence-electron chi connectivity index (χ2n) is 2.77. The van der Waals surface area contributed by atoms with Crippen molar-refractivity contribution in [3.63, 3.8) is 0 Å². The lowest BCUT2D eigenvalue weighted by Gasteiger charge is -1.98. The van der Waals surface area contributed by atoms with Gasteiger partial charge in [-0.1, -0.05) is 23.7 Å². The highest BCUT2D eigenvalue weighted by Crippen LogP contribution is 2.30. The average molecular weight is 176 g/mol. The first-order valence-corrected chi connectivity index (χ1v) is 4.07. The van der Waals surface area contributed by atoms with Gasteiger partial charge in [0.1, 0.15) is 0 Å². The Balaban J connectivity index is 2.57. The van der Waals surface area contributed by atoms with Crippen LogP contribution in [0.4, 0.5) is 0 Å². The van der Waals surface area contributed by atoms with E-state index in [-0.39, 0.29) is 0 Å². The van der Waals surface area contributed by atoms with Crippen LogP contribution in [0.15, 0.2) is 23.8 Å². The smallest absolute Gasteiger partial charge is 0.0950 e.